The molecule has 0 amide bonds. The van der Waals surface area contributed by atoms with E-state index in [0.717, 1.165) is 12.4 Å². The molecule has 2 rings (SSSR count). The van der Waals surface area contributed by atoms with Gasteiger partial charge in [-0.25, -0.2) is 9.67 Å². The van der Waals surface area contributed by atoms with Gasteiger partial charge in [0.25, 0.3) is 0 Å². The summed E-state index contributed by atoms with van der Waals surface area (Å²) in [6.07, 6.45) is 3.79. The normalized spacial score (nSPS) is 12.1. The van der Waals surface area contributed by atoms with Gasteiger partial charge in [-0.3, -0.25) is 0 Å². The Kier molecular flexibility index (Phi) is 4.47. The topological polar surface area (TPSA) is 42.7 Å². The van der Waals surface area contributed by atoms with E-state index >= 15 is 0 Å². The van der Waals surface area contributed by atoms with Gasteiger partial charge >= 0.3 is 0 Å². The van der Waals surface area contributed by atoms with E-state index in [0.29, 0.717) is 5.92 Å². The molecule has 2 aromatic heterocycles. The number of pyridine rings is 1. The van der Waals surface area contributed by atoms with E-state index in [1.54, 1.807) is 0 Å². The third kappa shape index (κ3) is 3.91. The minimum absolute atomic E-state index is 0.0952. The summed E-state index contributed by atoms with van der Waals surface area (Å²) in [7, 11) is 0. The summed E-state index contributed by atoms with van der Waals surface area (Å²) in [5.74, 6) is 1.28. The zero-order valence-corrected chi connectivity index (χ0v) is 13.9. The van der Waals surface area contributed by atoms with Crippen molar-refractivity contribution in [3.63, 3.8) is 0 Å². The Labute approximate surface area is 127 Å². The smallest absolute Gasteiger partial charge is 0.153 e. The van der Waals surface area contributed by atoms with Crippen LogP contribution in [0, 0.1) is 6.92 Å². The van der Waals surface area contributed by atoms with Crippen LogP contribution in [0.25, 0.3) is 5.82 Å². The molecule has 0 saturated carbocycles. The number of aromatic nitrogens is 3. The van der Waals surface area contributed by atoms with E-state index in [9.17, 15) is 0 Å². The lowest BCUT2D eigenvalue weighted by molar-refractivity contribution is 0.423. The molecule has 0 radical (unpaired) electrons. The number of aryl methyl sites for hydroxylation is 1. The Morgan fingerprint density at radius 3 is 2.57 bits per heavy atom. The molecule has 0 aliphatic rings. The van der Waals surface area contributed by atoms with Crippen molar-refractivity contribution < 1.29 is 0 Å². The Morgan fingerprint density at radius 1 is 1.29 bits per heavy atom. The van der Waals surface area contributed by atoms with Crippen LogP contribution in [0.1, 0.15) is 57.4 Å². The van der Waals surface area contributed by atoms with Crippen molar-refractivity contribution in [1.82, 2.24) is 20.1 Å². The third-order valence-corrected chi connectivity index (χ3v) is 3.36. The van der Waals surface area contributed by atoms with Crippen molar-refractivity contribution >= 4 is 0 Å². The molecule has 0 aromatic carbocycles. The number of rotatable bonds is 4. The molecule has 0 aliphatic heterocycles. The lowest BCUT2D eigenvalue weighted by Crippen LogP contribution is -2.35. The quantitative estimate of drug-likeness (QED) is 0.934. The van der Waals surface area contributed by atoms with Crippen LogP contribution in [0.5, 0.6) is 0 Å². The van der Waals surface area contributed by atoms with Crippen LogP contribution < -0.4 is 5.32 Å². The highest BCUT2D eigenvalue weighted by Gasteiger charge is 2.18. The molecule has 0 bridgehead atoms. The molecule has 2 aromatic rings. The van der Waals surface area contributed by atoms with Crippen LogP contribution in [0.15, 0.2) is 24.5 Å². The van der Waals surface area contributed by atoms with Crippen molar-refractivity contribution in [2.45, 2.75) is 59.5 Å². The maximum atomic E-state index is 4.56. The summed E-state index contributed by atoms with van der Waals surface area (Å²) in [5, 5.41) is 8.10. The van der Waals surface area contributed by atoms with Gasteiger partial charge in [0, 0.05) is 23.8 Å². The summed E-state index contributed by atoms with van der Waals surface area (Å²) >= 11 is 0. The van der Waals surface area contributed by atoms with Crippen LogP contribution in [-0.2, 0) is 6.54 Å². The maximum Gasteiger partial charge on any atom is 0.153 e. The molecule has 21 heavy (non-hydrogen) atoms. The van der Waals surface area contributed by atoms with Gasteiger partial charge in [-0.1, -0.05) is 13.8 Å². The Hall–Kier alpha value is -1.68. The summed E-state index contributed by atoms with van der Waals surface area (Å²) in [6.45, 7) is 13.8. The van der Waals surface area contributed by atoms with Crippen LogP contribution in [-0.4, -0.2) is 20.3 Å². The first-order valence-corrected chi connectivity index (χ1v) is 7.53. The fourth-order valence-electron chi connectivity index (χ4n) is 2.32. The standard InChI is InChI=1S/C17H26N4/c1-12(2)16-14(10-19-17(4,5)6)11-20-21(16)15-9-13(3)7-8-18-15/h7-9,11-12,19H,10H2,1-6H3. The largest absolute Gasteiger partial charge is 0.308 e. The molecule has 0 spiro atoms. The van der Waals surface area contributed by atoms with E-state index in [1.165, 1.54) is 16.8 Å². The van der Waals surface area contributed by atoms with Crippen LogP contribution in [0.3, 0.4) is 0 Å². The molecule has 2 heterocycles. The van der Waals surface area contributed by atoms with Gasteiger partial charge in [-0.2, -0.15) is 5.10 Å². The van der Waals surface area contributed by atoms with Crippen molar-refractivity contribution in [3.05, 3.63) is 41.3 Å². The Morgan fingerprint density at radius 2 is 2.00 bits per heavy atom. The Balaban J connectivity index is 2.37. The fourth-order valence-corrected chi connectivity index (χ4v) is 2.32. The highest BCUT2D eigenvalue weighted by atomic mass is 15.3. The zero-order valence-electron chi connectivity index (χ0n) is 13.9. The molecule has 4 heteroatoms. The molecule has 0 unspecified atom stereocenters. The molecule has 0 atom stereocenters. The van der Waals surface area contributed by atoms with Gasteiger partial charge in [-0.15, -0.1) is 0 Å². The van der Waals surface area contributed by atoms with E-state index < -0.39 is 0 Å². The summed E-state index contributed by atoms with van der Waals surface area (Å²) in [6, 6.07) is 4.07. The first kappa shape index (κ1) is 15.7. The van der Waals surface area contributed by atoms with Gasteiger partial charge < -0.3 is 5.32 Å². The molecule has 114 valence electrons. The van der Waals surface area contributed by atoms with Gasteiger partial charge in [0.05, 0.1) is 11.9 Å². The average Bonchev–Trinajstić information content (AvgIpc) is 2.79. The van der Waals surface area contributed by atoms with E-state index in [2.05, 4.69) is 63.0 Å². The lowest BCUT2D eigenvalue weighted by Gasteiger charge is -2.21. The van der Waals surface area contributed by atoms with Crippen molar-refractivity contribution in [2.24, 2.45) is 0 Å². The number of hydrogen-bond donors (Lipinski definition) is 1. The second-order valence-electron chi connectivity index (χ2n) is 6.92. The third-order valence-electron chi connectivity index (χ3n) is 3.36. The van der Waals surface area contributed by atoms with Gasteiger partial charge in [-0.05, 0) is 51.3 Å². The number of nitrogens with zero attached hydrogens (tertiary/aromatic N) is 3. The predicted octanol–water partition coefficient (Wildman–Crippen LogP) is 3.59. The van der Waals surface area contributed by atoms with E-state index in [-0.39, 0.29) is 5.54 Å². The molecule has 0 aliphatic carbocycles. The van der Waals surface area contributed by atoms with E-state index in [4.69, 9.17) is 0 Å². The maximum absolute atomic E-state index is 4.56. The molecule has 4 nitrogen and oxygen atoms in total. The van der Waals surface area contributed by atoms with Crippen LogP contribution in [0.2, 0.25) is 0 Å². The SMILES string of the molecule is Cc1ccnc(-n2ncc(CNC(C)(C)C)c2C(C)C)c1. The fraction of sp³-hybridized carbons (Fsp3) is 0.529. The monoisotopic (exact) mass is 286 g/mol. The first-order chi connectivity index (χ1) is 9.78. The molecule has 1 N–H and O–H groups in total. The van der Waals surface area contributed by atoms with Gasteiger partial charge in [0.2, 0.25) is 0 Å². The van der Waals surface area contributed by atoms with Crippen molar-refractivity contribution in [2.75, 3.05) is 0 Å². The molecular weight excluding hydrogens is 260 g/mol. The first-order valence-electron chi connectivity index (χ1n) is 7.53. The lowest BCUT2D eigenvalue weighted by atomic mass is 10.0. The molecule has 0 fully saturated rings. The van der Waals surface area contributed by atoms with Crippen LogP contribution in [0.4, 0.5) is 0 Å². The Bertz CT molecular complexity index is 605. The molecular formula is C17H26N4. The number of hydrogen-bond acceptors (Lipinski definition) is 3. The van der Waals surface area contributed by atoms with Crippen molar-refractivity contribution in [3.8, 4) is 5.82 Å². The second-order valence-corrected chi connectivity index (χ2v) is 6.92. The van der Waals surface area contributed by atoms with Gasteiger partial charge in [0.15, 0.2) is 5.82 Å². The number of nitrogens with one attached hydrogen (secondary N) is 1. The summed E-state index contributed by atoms with van der Waals surface area (Å²) in [4.78, 5) is 4.46. The van der Waals surface area contributed by atoms with E-state index in [1.807, 2.05) is 23.1 Å². The zero-order chi connectivity index (χ0) is 15.6. The van der Waals surface area contributed by atoms with Crippen molar-refractivity contribution in [1.29, 1.82) is 0 Å². The minimum atomic E-state index is 0.0952. The minimum Gasteiger partial charge on any atom is -0.308 e. The van der Waals surface area contributed by atoms with Gasteiger partial charge in [0.1, 0.15) is 0 Å². The predicted molar refractivity (Wildman–Crippen MR) is 86.8 cm³/mol. The highest BCUT2D eigenvalue weighted by molar-refractivity contribution is 5.33. The summed E-state index contributed by atoms with van der Waals surface area (Å²) in [5.41, 5.74) is 3.76. The van der Waals surface area contributed by atoms with Crippen LogP contribution >= 0.6 is 0 Å². The summed E-state index contributed by atoms with van der Waals surface area (Å²) < 4.78 is 1.97. The average molecular weight is 286 g/mol. The highest BCUT2D eigenvalue weighted by Crippen LogP contribution is 2.23. The second kappa shape index (κ2) is 5.98. The molecule has 0 saturated heterocycles.